The van der Waals surface area contributed by atoms with Crippen LogP contribution in [0.4, 0.5) is 10.6 Å². The molecular weight excluding hydrogens is 454 g/mol. The summed E-state index contributed by atoms with van der Waals surface area (Å²) >= 11 is 0. The third-order valence-corrected chi connectivity index (χ3v) is 4.48. The number of ketones is 1. The summed E-state index contributed by atoms with van der Waals surface area (Å²) in [4.78, 5) is 40.0. The number of H-pyrrole nitrogens is 1. The van der Waals surface area contributed by atoms with E-state index < -0.39 is 35.8 Å². The number of anilines is 1. The number of aromatic amines is 1. The van der Waals surface area contributed by atoms with Crippen molar-refractivity contribution in [2.45, 2.75) is 53.6 Å². The first-order valence-corrected chi connectivity index (χ1v) is 11.2. The molecule has 1 unspecified atom stereocenters. The molecule has 3 aromatic rings. The van der Waals surface area contributed by atoms with Crippen molar-refractivity contribution in [2.24, 2.45) is 5.41 Å². The highest BCUT2D eigenvalue weighted by atomic mass is 16.6. The molecule has 0 aliphatic rings. The Labute approximate surface area is 203 Å². The van der Waals surface area contributed by atoms with E-state index in [4.69, 9.17) is 9.15 Å². The van der Waals surface area contributed by atoms with Crippen LogP contribution < -0.4 is 10.6 Å². The zero-order chi connectivity index (χ0) is 25.8. The Balaban J connectivity index is 0.00000100. The average Bonchev–Trinajstić information content (AvgIpc) is 3.53. The van der Waals surface area contributed by atoms with Gasteiger partial charge in [0.05, 0.1) is 18.3 Å². The molecule has 0 radical (unpaired) electrons. The van der Waals surface area contributed by atoms with E-state index in [1.807, 2.05) is 20.8 Å². The quantitative estimate of drug-likeness (QED) is 0.403. The number of rotatable bonds is 8. The predicted molar refractivity (Wildman–Crippen MR) is 127 cm³/mol. The fraction of sp³-hybridized carbons (Fsp3) is 0.435. The van der Waals surface area contributed by atoms with Crippen molar-refractivity contribution in [3.05, 3.63) is 42.7 Å². The minimum absolute atomic E-state index is 0.0878. The first kappa shape index (κ1) is 27.2. The molecule has 3 rings (SSSR count). The molecule has 0 bridgehead atoms. The van der Waals surface area contributed by atoms with Gasteiger partial charge in [-0.25, -0.2) is 4.79 Å². The normalized spacial score (nSPS) is 11.6. The summed E-state index contributed by atoms with van der Waals surface area (Å²) in [6.07, 6.45) is 5.42. The number of unbranched alkanes of at least 4 members (excludes halogenated alkanes) is 1. The molecule has 1 atom stereocenters. The van der Waals surface area contributed by atoms with Crippen LogP contribution in [0.3, 0.4) is 0 Å². The Kier molecular flexibility index (Phi) is 10.1. The molecule has 3 N–H and O–H groups in total. The maximum absolute atomic E-state index is 12.3. The van der Waals surface area contributed by atoms with E-state index in [0.717, 1.165) is 0 Å². The lowest BCUT2D eigenvalue weighted by atomic mass is 9.89. The van der Waals surface area contributed by atoms with Crippen LogP contribution in [0.5, 0.6) is 0 Å². The molecule has 0 aliphatic heterocycles. The van der Waals surface area contributed by atoms with Crippen LogP contribution in [0, 0.1) is 5.41 Å². The van der Waals surface area contributed by atoms with Crippen LogP contribution in [0.15, 0.2) is 41.2 Å². The highest BCUT2D eigenvalue weighted by Gasteiger charge is 2.35. The SMILES string of the molecule is CC(C)(C)C(OC(=O)NCC(=O)C(=O)Nc1ccn[nH]1)c1nnc(-c2cccnc2)o1.CCCC. The van der Waals surface area contributed by atoms with E-state index >= 15 is 0 Å². The number of pyridine rings is 1. The summed E-state index contributed by atoms with van der Waals surface area (Å²) in [6, 6.07) is 4.96. The van der Waals surface area contributed by atoms with Crippen molar-refractivity contribution < 1.29 is 23.5 Å². The van der Waals surface area contributed by atoms with Gasteiger partial charge in [0.15, 0.2) is 6.10 Å². The lowest BCUT2D eigenvalue weighted by Gasteiger charge is -2.27. The number of alkyl carbamates (subject to hydrolysis) is 1. The molecule has 3 heterocycles. The van der Waals surface area contributed by atoms with Crippen molar-refractivity contribution in [1.82, 2.24) is 30.7 Å². The lowest BCUT2D eigenvalue weighted by Crippen LogP contribution is -2.38. The first-order valence-electron chi connectivity index (χ1n) is 11.2. The Hall–Kier alpha value is -4.09. The number of Topliss-reactive ketones (excluding diaryl/α,β-unsaturated/α-hetero) is 1. The van der Waals surface area contributed by atoms with Gasteiger partial charge >= 0.3 is 6.09 Å². The summed E-state index contributed by atoms with van der Waals surface area (Å²) in [7, 11) is 0. The zero-order valence-electron chi connectivity index (χ0n) is 20.5. The minimum atomic E-state index is -0.913. The van der Waals surface area contributed by atoms with Gasteiger partial charge in [0.1, 0.15) is 5.82 Å². The topological polar surface area (TPSA) is 165 Å². The van der Waals surface area contributed by atoms with Gasteiger partial charge in [-0.15, -0.1) is 10.2 Å². The number of amides is 2. The van der Waals surface area contributed by atoms with Crippen molar-refractivity contribution >= 4 is 23.6 Å². The molecule has 35 heavy (non-hydrogen) atoms. The van der Waals surface area contributed by atoms with Gasteiger partial charge in [-0.2, -0.15) is 5.10 Å². The van der Waals surface area contributed by atoms with Gasteiger partial charge < -0.3 is 19.8 Å². The van der Waals surface area contributed by atoms with Crippen molar-refractivity contribution in [1.29, 1.82) is 0 Å². The minimum Gasteiger partial charge on any atom is -0.436 e. The molecule has 0 aliphatic carbocycles. The van der Waals surface area contributed by atoms with Gasteiger partial charge in [-0.1, -0.05) is 47.5 Å². The lowest BCUT2D eigenvalue weighted by molar-refractivity contribution is -0.134. The second-order valence-electron chi connectivity index (χ2n) is 8.54. The molecule has 0 saturated heterocycles. The zero-order valence-corrected chi connectivity index (χ0v) is 20.5. The average molecular weight is 486 g/mol. The van der Waals surface area contributed by atoms with E-state index in [0.29, 0.717) is 5.56 Å². The summed E-state index contributed by atoms with van der Waals surface area (Å²) in [6.45, 7) is 9.27. The van der Waals surface area contributed by atoms with Crippen LogP contribution in [-0.2, 0) is 14.3 Å². The highest BCUT2D eigenvalue weighted by Crippen LogP contribution is 2.36. The molecule has 0 spiro atoms. The van der Waals surface area contributed by atoms with Crippen LogP contribution >= 0.6 is 0 Å². The number of nitrogens with one attached hydrogen (secondary N) is 3. The number of ether oxygens (including phenoxy) is 1. The van der Waals surface area contributed by atoms with Gasteiger partial charge in [0, 0.05) is 23.9 Å². The Morgan fingerprint density at radius 3 is 2.43 bits per heavy atom. The number of carbonyl (C=O) groups is 3. The third kappa shape index (κ3) is 8.65. The first-order chi connectivity index (χ1) is 16.7. The Morgan fingerprint density at radius 2 is 1.86 bits per heavy atom. The van der Waals surface area contributed by atoms with Crippen LogP contribution in [-0.4, -0.2) is 49.7 Å². The largest absolute Gasteiger partial charge is 0.436 e. The van der Waals surface area contributed by atoms with E-state index in [9.17, 15) is 14.4 Å². The predicted octanol–water partition coefficient (Wildman–Crippen LogP) is 3.68. The highest BCUT2D eigenvalue weighted by molar-refractivity contribution is 6.41. The monoisotopic (exact) mass is 485 g/mol. The van der Waals surface area contributed by atoms with Crippen molar-refractivity contribution in [3.8, 4) is 11.5 Å². The molecule has 3 aromatic heterocycles. The maximum atomic E-state index is 12.3. The molecule has 0 saturated carbocycles. The molecular formula is C23H31N7O5. The van der Waals surface area contributed by atoms with Gasteiger partial charge in [0.25, 0.3) is 11.8 Å². The molecule has 12 heteroatoms. The smallest absolute Gasteiger partial charge is 0.408 e. The molecule has 0 fully saturated rings. The fourth-order valence-electron chi connectivity index (χ4n) is 2.44. The van der Waals surface area contributed by atoms with E-state index in [1.54, 1.807) is 24.5 Å². The summed E-state index contributed by atoms with van der Waals surface area (Å²) in [5.41, 5.74) is 0.0187. The molecule has 188 valence electrons. The van der Waals surface area contributed by atoms with Crippen molar-refractivity contribution in [3.63, 3.8) is 0 Å². The molecule has 0 aromatic carbocycles. The van der Waals surface area contributed by atoms with Crippen LogP contribution in [0.25, 0.3) is 11.5 Å². The van der Waals surface area contributed by atoms with Gasteiger partial charge in [-0.3, -0.25) is 19.7 Å². The number of carbonyl (C=O) groups excluding carboxylic acids is 3. The summed E-state index contributed by atoms with van der Waals surface area (Å²) in [5.74, 6) is -1.20. The second kappa shape index (κ2) is 13.0. The summed E-state index contributed by atoms with van der Waals surface area (Å²) in [5, 5.41) is 18.7. The van der Waals surface area contributed by atoms with E-state index in [2.05, 4.69) is 49.9 Å². The fourth-order valence-corrected chi connectivity index (χ4v) is 2.44. The Morgan fingerprint density at radius 1 is 1.11 bits per heavy atom. The van der Waals surface area contributed by atoms with Gasteiger partial charge in [-0.05, 0) is 12.1 Å². The Bertz CT molecular complexity index is 1070. The van der Waals surface area contributed by atoms with Gasteiger partial charge in [0.2, 0.25) is 11.7 Å². The van der Waals surface area contributed by atoms with Crippen molar-refractivity contribution in [2.75, 3.05) is 11.9 Å². The van der Waals surface area contributed by atoms with E-state index in [-0.39, 0.29) is 17.6 Å². The molecule has 12 nitrogen and oxygen atoms in total. The summed E-state index contributed by atoms with van der Waals surface area (Å²) < 4.78 is 11.1. The number of hydrogen-bond donors (Lipinski definition) is 3. The standard InChI is InChI=1S/C19H21N7O5.C4H10/c1-19(2,3)14(17-26-25-16(31-17)11-5-4-7-20-9-11)30-18(29)21-10-12(27)15(28)23-13-6-8-22-24-13;1-3-4-2/h4-9,14H,10H2,1-3H3,(H,21,29)(H2,22,23,24,28);3-4H2,1-2H3. The van der Waals surface area contributed by atoms with Crippen LogP contribution in [0.2, 0.25) is 0 Å². The molecule has 2 amide bonds. The van der Waals surface area contributed by atoms with E-state index in [1.165, 1.54) is 25.1 Å². The number of nitrogens with zero attached hydrogens (tertiary/aromatic N) is 4. The number of hydrogen-bond acceptors (Lipinski definition) is 9. The maximum Gasteiger partial charge on any atom is 0.408 e. The third-order valence-electron chi connectivity index (χ3n) is 4.48. The second-order valence-corrected chi connectivity index (χ2v) is 8.54. The van der Waals surface area contributed by atoms with Crippen LogP contribution in [0.1, 0.15) is 59.5 Å². The number of aromatic nitrogens is 5.